The molecule has 2 fully saturated rings. The van der Waals surface area contributed by atoms with Crippen LogP contribution in [0, 0.1) is 35.1 Å². The predicted molar refractivity (Wildman–Crippen MR) is 216 cm³/mol. The molecule has 1 saturated heterocycles. The van der Waals surface area contributed by atoms with E-state index in [1.807, 2.05) is 0 Å². The van der Waals surface area contributed by atoms with Crippen LogP contribution in [0.3, 0.4) is 0 Å². The summed E-state index contributed by atoms with van der Waals surface area (Å²) in [6.07, 6.45) is 0.634. The predicted octanol–water partition coefficient (Wildman–Crippen LogP) is 5.05. The number of nitrogens with zero attached hydrogens (tertiary/aromatic N) is 1. The van der Waals surface area contributed by atoms with E-state index in [0.29, 0.717) is 43.4 Å². The molecule has 4 amide bonds. The summed E-state index contributed by atoms with van der Waals surface area (Å²) in [6, 6.07) is 2.10. The van der Waals surface area contributed by atoms with Gasteiger partial charge in [0.1, 0.15) is 23.4 Å². The van der Waals surface area contributed by atoms with E-state index < -0.39 is 142 Å². The van der Waals surface area contributed by atoms with Gasteiger partial charge in [-0.05, 0) is 63.6 Å². The van der Waals surface area contributed by atoms with Crippen LogP contribution in [-0.4, -0.2) is 94.4 Å². The summed E-state index contributed by atoms with van der Waals surface area (Å²) in [5.41, 5.74) is 1.62. The van der Waals surface area contributed by atoms with Crippen LogP contribution >= 0.6 is 0 Å². The molecule has 19 heteroatoms. The third-order valence-corrected chi connectivity index (χ3v) is 11.1. The molecule has 2 aliphatic rings. The number of carboxylic acids is 1. The number of rotatable bonds is 20. The largest absolute Gasteiger partial charge is 0.497 e. The number of benzene rings is 2. The Kier molecular flexibility index (Phi) is 17.1. The molecule has 1 heterocycles. The molecule has 1 aliphatic carbocycles. The molecule has 2 aromatic carbocycles. The highest BCUT2D eigenvalue weighted by Gasteiger charge is 2.46. The molecule has 15 nitrogen and oxygen atoms in total. The number of hydrogen-bond acceptors (Lipinski definition) is 10. The molecule has 1 aliphatic heterocycles. The van der Waals surface area contributed by atoms with E-state index >= 15 is 4.39 Å². The topological polar surface area (TPSA) is 229 Å². The van der Waals surface area contributed by atoms with E-state index in [-0.39, 0.29) is 19.4 Å². The summed E-state index contributed by atoms with van der Waals surface area (Å²) in [5, 5.41) is 14.3. The van der Waals surface area contributed by atoms with Gasteiger partial charge in [0.15, 0.2) is 34.8 Å². The lowest BCUT2D eigenvalue weighted by Crippen LogP contribution is -2.55. The minimum atomic E-state index is -2.45. The quantitative estimate of drug-likeness (QED) is 0.0595. The first-order valence-corrected chi connectivity index (χ1v) is 20.8. The Morgan fingerprint density at radius 3 is 2.11 bits per heavy atom. The third kappa shape index (κ3) is 12.5. The number of primary amides is 1. The first-order chi connectivity index (χ1) is 29.6. The molecule has 2 aromatic rings. The van der Waals surface area contributed by atoms with Crippen molar-refractivity contribution in [2.45, 2.75) is 128 Å². The van der Waals surface area contributed by atoms with Crippen LogP contribution in [0.4, 0.5) is 17.6 Å². The van der Waals surface area contributed by atoms with Gasteiger partial charge in [-0.25, -0.2) is 22.4 Å². The molecule has 0 aromatic heterocycles. The van der Waals surface area contributed by atoms with Crippen LogP contribution in [0.1, 0.15) is 131 Å². The number of carboxylic acid groups (broad SMARTS) is 1. The Morgan fingerprint density at radius 2 is 1.54 bits per heavy atom. The van der Waals surface area contributed by atoms with Crippen molar-refractivity contribution in [3.63, 3.8) is 0 Å². The maximum atomic E-state index is 15.1. The Hall–Kier alpha value is -5.72. The Labute approximate surface area is 361 Å². The van der Waals surface area contributed by atoms with E-state index in [2.05, 4.69) is 10.6 Å². The number of carbonyl (C=O) groups is 8. The minimum absolute atomic E-state index is 0.0746. The number of Topliss-reactive ketones (excluding diaryl/α,β-unsaturated/α-hetero) is 3. The molecule has 1 saturated carbocycles. The van der Waals surface area contributed by atoms with E-state index in [1.165, 1.54) is 13.2 Å². The number of carbonyl (C=O) groups excluding carboxylic acids is 7. The Bertz CT molecular complexity index is 2100. The van der Waals surface area contributed by atoms with Gasteiger partial charge in [-0.2, -0.15) is 0 Å². The molecular formula is C44H54F4N4O11. The SMILES string of the molecule is CCCC(CC(=O)[C@@H]1C[C@@H](OC(C)(C)C)CN1C(=O)[C@@H](NC(=O)c1c(F)c(F)c(F)c(F)c1C(=O)O)C1CCCCC1)C(=O)C(=O)CCC(=O)NC(C(N)=O)c1cccc(OC)c1. The number of likely N-dealkylation sites (tertiary alicyclic amines) is 1. The van der Waals surface area contributed by atoms with Crippen molar-refractivity contribution in [3.05, 3.63) is 64.2 Å². The Balaban J connectivity index is 1.58. The zero-order valence-electron chi connectivity index (χ0n) is 35.8. The number of methoxy groups -OCH3 is 1. The second-order valence-corrected chi connectivity index (χ2v) is 16.9. The number of ether oxygens (including phenoxy) is 2. The smallest absolute Gasteiger partial charge is 0.339 e. The summed E-state index contributed by atoms with van der Waals surface area (Å²) >= 11 is 0. The molecular weight excluding hydrogens is 836 g/mol. The number of hydrogen-bond donors (Lipinski definition) is 4. The molecule has 5 atom stereocenters. The van der Waals surface area contributed by atoms with Gasteiger partial charge in [0.05, 0.1) is 30.4 Å². The average molecular weight is 891 g/mol. The zero-order chi connectivity index (χ0) is 46.9. The molecule has 4 rings (SSSR count). The van der Waals surface area contributed by atoms with Gasteiger partial charge >= 0.3 is 5.97 Å². The van der Waals surface area contributed by atoms with Crippen LogP contribution < -0.4 is 21.1 Å². The van der Waals surface area contributed by atoms with E-state index in [0.717, 1.165) is 11.3 Å². The lowest BCUT2D eigenvalue weighted by Gasteiger charge is -2.35. The van der Waals surface area contributed by atoms with Gasteiger partial charge in [0.25, 0.3) is 5.91 Å². The monoisotopic (exact) mass is 890 g/mol. The molecule has 2 unspecified atom stereocenters. The molecule has 0 spiro atoms. The van der Waals surface area contributed by atoms with Crippen molar-refractivity contribution in [3.8, 4) is 5.75 Å². The van der Waals surface area contributed by atoms with Crippen molar-refractivity contribution in [1.82, 2.24) is 15.5 Å². The first-order valence-electron chi connectivity index (χ1n) is 20.8. The molecule has 344 valence electrons. The standard InChI is InChI=1S/C44H54F4N4O11/c1-6-11-24(39(56)28(53)16-17-30(55)50-37(40(49)57)23-14-10-15-25(18-23)62-5)19-29(54)27-20-26(63-44(2,3)4)21-52(27)42(59)38(22-12-8-7-9-13-22)51-41(58)31-32(43(60)61)34(46)36(48)35(47)33(31)45/h10,14-15,18,22,24,26-27,37-38H,6-9,11-13,16-17,19-21H2,1-5H3,(H2,49,57)(H,50,55)(H,51,58)(H,60,61)/t24?,26-,27+,37?,38+/m1/s1. The van der Waals surface area contributed by atoms with Crippen LogP contribution in [0.25, 0.3) is 0 Å². The fourth-order valence-corrected chi connectivity index (χ4v) is 8.22. The number of amides is 4. The van der Waals surface area contributed by atoms with Gasteiger partial charge in [-0.1, -0.05) is 44.7 Å². The third-order valence-electron chi connectivity index (χ3n) is 11.1. The highest BCUT2D eigenvalue weighted by molar-refractivity contribution is 6.38. The number of ketones is 3. The lowest BCUT2D eigenvalue weighted by atomic mass is 9.82. The van der Waals surface area contributed by atoms with Gasteiger partial charge in [0.2, 0.25) is 23.5 Å². The highest BCUT2D eigenvalue weighted by atomic mass is 19.2. The average Bonchev–Trinajstić information content (AvgIpc) is 3.66. The van der Waals surface area contributed by atoms with Gasteiger partial charge in [-0.3, -0.25) is 33.6 Å². The number of aromatic carboxylic acids is 1. The van der Waals surface area contributed by atoms with E-state index in [4.69, 9.17) is 15.2 Å². The fourth-order valence-electron chi connectivity index (χ4n) is 8.22. The van der Waals surface area contributed by atoms with Crippen molar-refractivity contribution in [2.75, 3.05) is 13.7 Å². The van der Waals surface area contributed by atoms with Crippen LogP contribution in [0.2, 0.25) is 0 Å². The number of halogens is 4. The zero-order valence-corrected chi connectivity index (χ0v) is 35.8. The van der Waals surface area contributed by atoms with Crippen molar-refractivity contribution in [1.29, 1.82) is 0 Å². The summed E-state index contributed by atoms with van der Waals surface area (Å²) in [5.74, 6) is -20.0. The summed E-state index contributed by atoms with van der Waals surface area (Å²) in [7, 11) is 1.41. The Morgan fingerprint density at radius 1 is 0.905 bits per heavy atom. The van der Waals surface area contributed by atoms with Crippen molar-refractivity contribution >= 4 is 46.9 Å². The maximum Gasteiger partial charge on any atom is 0.339 e. The van der Waals surface area contributed by atoms with Gasteiger partial charge < -0.3 is 35.8 Å². The van der Waals surface area contributed by atoms with Crippen LogP contribution in [-0.2, 0) is 33.5 Å². The van der Waals surface area contributed by atoms with Crippen molar-refractivity contribution in [2.24, 2.45) is 17.6 Å². The molecule has 0 radical (unpaired) electrons. The van der Waals surface area contributed by atoms with Gasteiger partial charge in [-0.15, -0.1) is 0 Å². The van der Waals surface area contributed by atoms with Crippen LogP contribution in [0.5, 0.6) is 5.75 Å². The summed E-state index contributed by atoms with van der Waals surface area (Å²) in [4.78, 5) is 108. The lowest BCUT2D eigenvalue weighted by molar-refractivity contribution is -0.143. The van der Waals surface area contributed by atoms with E-state index in [9.17, 15) is 56.6 Å². The normalized spacial score (nSPS) is 18.2. The molecule has 0 bridgehead atoms. The second-order valence-electron chi connectivity index (χ2n) is 16.9. The van der Waals surface area contributed by atoms with Crippen molar-refractivity contribution < 1.29 is 70.5 Å². The number of nitrogens with one attached hydrogen (secondary N) is 2. The summed E-state index contributed by atoms with van der Waals surface area (Å²) in [6.45, 7) is 6.73. The highest BCUT2D eigenvalue weighted by Crippen LogP contribution is 2.33. The minimum Gasteiger partial charge on any atom is -0.497 e. The molecule has 5 N–H and O–H groups in total. The maximum absolute atomic E-state index is 15.1. The van der Waals surface area contributed by atoms with Gasteiger partial charge in [0, 0.05) is 38.1 Å². The fraction of sp³-hybridized carbons (Fsp3) is 0.545. The second kappa shape index (κ2) is 21.6. The molecule has 63 heavy (non-hydrogen) atoms. The van der Waals surface area contributed by atoms with Crippen LogP contribution in [0.15, 0.2) is 24.3 Å². The first kappa shape index (κ1) is 49.9. The summed E-state index contributed by atoms with van der Waals surface area (Å²) < 4.78 is 69.6. The number of nitrogens with two attached hydrogens (primary N) is 1. The van der Waals surface area contributed by atoms with E-state index in [1.54, 1.807) is 45.9 Å².